The molecule has 0 fully saturated rings. The molecule has 0 saturated heterocycles. The van der Waals surface area contributed by atoms with E-state index in [2.05, 4.69) is 31.1 Å². The van der Waals surface area contributed by atoms with Crippen LogP contribution in [0, 0.1) is 0 Å². The molecule has 0 unspecified atom stereocenters. The van der Waals surface area contributed by atoms with Gasteiger partial charge in [0.05, 0.1) is 11.9 Å². The van der Waals surface area contributed by atoms with Gasteiger partial charge in [0, 0.05) is 25.7 Å². The highest BCUT2D eigenvalue weighted by atomic mass is 16.1. The zero-order valence-electron chi connectivity index (χ0n) is 12.5. The first-order valence-corrected chi connectivity index (χ1v) is 7.29. The van der Waals surface area contributed by atoms with Crippen LogP contribution < -0.4 is 16.0 Å². The van der Waals surface area contributed by atoms with Gasteiger partial charge in [0.15, 0.2) is 5.82 Å². The number of nitrogens with one attached hydrogen (secondary N) is 3. The van der Waals surface area contributed by atoms with Crippen LogP contribution in [0.15, 0.2) is 36.7 Å². The molecule has 2 aromatic rings. The Morgan fingerprint density at radius 2 is 1.95 bits per heavy atom. The van der Waals surface area contributed by atoms with Gasteiger partial charge in [0.1, 0.15) is 5.82 Å². The fraction of sp³-hybridized carbons (Fsp3) is 0.333. The Labute approximate surface area is 129 Å². The summed E-state index contributed by atoms with van der Waals surface area (Å²) in [5.41, 5.74) is 0.858. The monoisotopic (exact) mass is 300 g/mol. The van der Waals surface area contributed by atoms with Crippen LogP contribution in [0.4, 0.5) is 17.3 Å². The van der Waals surface area contributed by atoms with Gasteiger partial charge in [-0.1, -0.05) is 6.92 Å². The van der Waals surface area contributed by atoms with Crippen molar-refractivity contribution in [3.63, 3.8) is 0 Å². The summed E-state index contributed by atoms with van der Waals surface area (Å²) in [6.45, 7) is 3.16. The summed E-state index contributed by atoms with van der Waals surface area (Å²) in [6.07, 6.45) is 4.85. The molecule has 0 saturated carbocycles. The summed E-state index contributed by atoms with van der Waals surface area (Å²) in [5, 5.41) is 17.2. The third-order valence-electron chi connectivity index (χ3n) is 2.83. The Kier molecular flexibility index (Phi) is 6.10. The highest BCUT2D eigenvalue weighted by molar-refractivity contribution is 5.75. The first-order valence-electron chi connectivity index (χ1n) is 7.29. The topological polar surface area (TPSA) is 91.8 Å². The van der Waals surface area contributed by atoms with Crippen LogP contribution in [-0.4, -0.2) is 34.2 Å². The van der Waals surface area contributed by atoms with Crippen LogP contribution in [0.2, 0.25) is 0 Å². The number of rotatable bonds is 8. The molecule has 0 aliphatic heterocycles. The lowest BCUT2D eigenvalue weighted by Gasteiger charge is -2.08. The van der Waals surface area contributed by atoms with E-state index in [0.29, 0.717) is 31.1 Å². The zero-order valence-corrected chi connectivity index (χ0v) is 12.5. The van der Waals surface area contributed by atoms with Crippen LogP contribution in [-0.2, 0) is 4.79 Å². The Bertz CT molecular complexity index is 572. The number of carbonyl (C=O) groups excluding carboxylic acids is 1. The van der Waals surface area contributed by atoms with Crippen molar-refractivity contribution in [1.82, 2.24) is 20.5 Å². The molecule has 0 radical (unpaired) electrons. The minimum absolute atomic E-state index is 0.0754. The van der Waals surface area contributed by atoms with Crippen molar-refractivity contribution in [1.29, 1.82) is 0 Å². The van der Waals surface area contributed by atoms with E-state index >= 15 is 0 Å². The zero-order chi connectivity index (χ0) is 15.6. The number of nitrogens with zero attached hydrogens (tertiary/aromatic N) is 3. The Hall–Kier alpha value is -2.70. The standard InChI is InChI=1S/C15H20N6O/c1-2-4-15(22)18-10-9-17-13-6-7-14(21-20-13)19-12-5-3-8-16-11-12/h3,5-8,11H,2,4,9-10H2,1H3,(H,17,20)(H,18,22)(H,19,21). The molecule has 116 valence electrons. The average molecular weight is 300 g/mol. The summed E-state index contributed by atoms with van der Waals surface area (Å²) in [5.74, 6) is 1.39. The van der Waals surface area contributed by atoms with Gasteiger partial charge in [-0.05, 0) is 30.7 Å². The van der Waals surface area contributed by atoms with Crippen molar-refractivity contribution in [3.05, 3.63) is 36.7 Å². The quantitative estimate of drug-likeness (QED) is 0.645. The van der Waals surface area contributed by atoms with Crippen molar-refractivity contribution in [3.8, 4) is 0 Å². The molecular formula is C15H20N6O. The second-order valence-electron chi connectivity index (χ2n) is 4.70. The van der Waals surface area contributed by atoms with Gasteiger partial charge in [-0.15, -0.1) is 10.2 Å². The van der Waals surface area contributed by atoms with Crippen LogP contribution in [0.1, 0.15) is 19.8 Å². The van der Waals surface area contributed by atoms with Crippen molar-refractivity contribution in [2.45, 2.75) is 19.8 Å². The average Bonchev–Trinajstić information content (AvgIpc) is 2.54. The van der Waals surface area contributed by atoms with E-state index in [1.807, 2.05) is 31.2 Å². The van der Waals surface area contributed by atoms with Gasteiger partial charge in [-0.3, -0.25) is 9.78 Å². The van der Waals surface area contributed by atoms with Gasteiger partial charge in [0.25, 0.3) is 0 Å². The van der Waals surface area contributed by atoms with Crippen molar-refractivity contribution in [2.75, 3.05) is 23.7 Å². The molecule has 1 amide bonds. The number of aromatic nitrogens is 3. The molecule has 2 aromatic heterocycles. The summed E-state index contributed by atoms with van der Waals surface area (Å²) >= 11 is 0. The van der Waals surface area contributed by atoms with Gasteiger partial charge >= 0.3 is 0 Å². The van der Waals surface area contributed by atoms with Gasteiger partial charge < -0.3 is 16.0 Å². The first kappa shape index (κ1) is 15.7. The number of carbonyl (C=O) groups is 1. The Morgan fingerprint density at radius 1 is 1.14 bits per heavy atom. The maximum absolute atomic E-state index is 11.3. The molecule has 2 rings (SSSR count). The normalized spacial score (nSPS) is 10.0. The molecule has 0 spiro atoms. The number of hydrogen-bond acceptors (Lipinski definition) is 6. The summed E-state index contributed by atoms with van der Waals surface area (Å²) < 4.78 is 0. The second-order valence-corrected chi connectivity index (χ2v) is 4.70. The van der Waals surface area contributed by atoms with Crippen LogP contribution in [0.3, 0.4) is 0 Å². The molecule has 0 aliphatic rings. The van der Waals surface area contributed by atoms with Crippen LogP contribution in [0.5, 0.6) is 0 Å². The molecule has 0 bridgehead atoms. The van der Waals surface area contributed by atoms with Crippen molar-refractivity contribution < 1.29 is 4.79 Å². The lowest BCUT2D eigenvalue weighted by molar-refractivity contribution is -0.121. The van der Waals surface area contributed by atoms with Crippen LogP contribution in [0.25, 0.3) is 0 Å². The van der Waals surface area contributed by atoms with E-state index in [1.165, 1.54) is 0 Å². The molecule has 0 atom stereocenters. The van der Waals surface area contributed by atoms with Crippen molar-refractivity contribution in [2.24, 2.45) is 0 Å². The number of anilines is 3. The predicted octanol–water partition coefficient (Wildman–Crippen LogP) is 1.94. The van der Waals surface area contributed by atoms with Gasteiger partial charge in [-0.25, -0.2) is 0 Å². The minimum Gasteiger partial charge on any atom is -0.367 e. The smallest absolute Gasteiger partial charge is 0.220 e. The minimum atomic E-state index is 0.0754. The van der Waals surface area contributed by atoms with Crippen LogP contribution >= 0.6 is 0 Å². The molecule has 7 heteroatoms. The lowest BCUT2D eigenvalue weighted by atomic mass is 10.3. The first-order chi connectivity index (χ1) is 10.8. The third-order valence-corrected chi connectivity index (χ3v) is 2.83. The second kappa shape index (κ2) is 8.56. The van der Waals surface area contributed by atoms with E-state index < -0.39 is 0 Å². The predicted molar refractivity (Wildman–Crippen MR) is 86.0 cm³/mol. The summed E-state index contributed by atoms with van der Waals surface area (Å²) in [6, 6.07) is 7.41. The molecule has 7 nitrogen and oxygen atoms in total. The van der Waals surface area contributed by atoms with E-state index in [-0.39, 0.29) is 5.91 Å². The molecular weight excluding hydrogens is 280 g/mol. The summed E-state index contributed by atoms with van der Waals surface area (Å²) in [4.78, 5) is 15.3. The van der Waals surface area contributed by atoms with Gasteiger partial charge in [0.2, 0.25) is 5.91 Å². The molecule has 0 aliphatic carbocycles. The fourth-order valence-electron chi connectivity index (χ4n) is 1.79. The van der Waals surface area contributed by atoms with Crippen molar-refractivity contribution >= 4 is 23.2 Å². The largest absolute Gasteiger partial charge is 0.367 e. The molecule has 2 heterocycles. The Balaban J connectivity index is 1.74. The SMILES string of the molecule is CCCC(=O)NCCNc1ccc(Nc2cccnc2)nn1. The number of pyridine rings is 1. The molecule has 0 aromatic carbocycles. The molecule has 3 N–H and O–H groups in total. The highest BCUT2D eigenvalue weighted by Crippen LogP contribution is 2.12. The highest BCUT2D eigenvalue weighted by Gasteiger charge is 2.00. The molecule has 22 heavy (non-hydrogen) atoms. The van der Waals surface area contributed by atoms with E-state index in [9.17, 15) is 4.79 Å². The summed E-state index contributed by atoms with van der Waals surface area (Å²) in [7, 11) is 0. The lowest BCUT2D eigenvalue weighted by Crippen LogP contribution is -2.28. The van der Waals surface area contributed by atoms with E-state index in [1.54, 1.807) is 12.4 Å². The maximum atomic E-state index is 11.3. The third kappa shape index (κ3) is 5.35. The van der Waals surface area contributed by atoms with E-state index in [0.717, 1.165) is 12.1 Å². The van der Waals surface area contributed by atoms with Gasteiger partial charge in [-0.2, -0.15) is 0 Å². The number of hydrogen-bond donors (Lipinski definition) is 3. The fourth-order valence-corrected chi connectivity index (χ4v) is 1.79. The Morgan fingerprint density at radius 3 is 2.64 bits per heavy atom. The van der Waals surface area contributed by atoms with E-state index in [4.69, 9.17) is 0 Å². The number of amides is 1. The maximum Gasteiger partial charge on any atom is 0.220 e.